The van der Waals surface area contributed by atoms with Crippen molar-refractivity contribution in [2.24, 2.45) is 0 Å². The maximum Gasteiger partial charge on any atom is 0.383 e. The van der Waals surface area contributed by atoms with Crippen molar-refractivity contribution in [3.63, 3.8) is 0 Å². The van der Waals surface area contributed by atoms with E-state index < -0.39 is 18.3 Å². The van der Waals surface area contributed by atoms with Gasteiger partial charge in [0.15, 0.2) is 5.76 Å². The Morgan fingerprint density at radius 1 is 1.38 bits per heavy atom. The Hall–Kier alpha value is -1.64. The lowest BCUT2D eigenvalue weighted by molar-refractivity contribution is -0.182. The van der Waals surface area contributed by atoms with Crippen LogP contribution in [0.5, 0.6) is 0 Å². The summed E-state index contributed by atoms with van der Waals surface area (Å²) in [6.07, 6.45) is -3.99. The molecule has 1 amide bonds. The van der Waals surface area contributed by atoms with Crippen LogP contribution < -0.4 is 0 Å². The summed E-state index contributed by atoms with van der Waals surface area (Å²) in [5.41, 5.74) is 0.732. The van der Waals surface area contributed by atoms with Crippen molar-refractivity contribution in [1.82, 2.24) is 15.0 Å². The first kappa shape index (κ1) is 15.7. The number of rotatable bonds is 4. The third-order valence-electron chi connectivity index (χ3n) is 3.27. The normalized spacial score (nSPS) is 17.5. The second-order valence-electron chi connectivity index (χ2n) is 4.93. The van der Waals surface area contributed by atoms with Gasteiger partial charge in [-0.05, 0) is 6.92 Å². The van der Waals surface area contributed by atoms with Crippen LogP contribution >= 0.6 is 0 Å². The lowest BCUT2D eigenvalue weighted by Crippen LogP contribution is -2.54. The highest BCUT2D eigenvalue weighted by Crippen LogP contribution is 2.26. The molecule has 0 aliphatic carbocycles. The highest BCUT2D eigenvalue weighted by Gasteiger charge is 2.51. The number of piperazine rings is 1. The first-order valence-electron chi connectivity index (χ1n) is 6.40. The van der Waals surface area contributed by atoms with E-state index in [2.05, 4.69) is 5.16 Å². The third kappa shape index (κ3) is 3.52. The molecule has 0 radical (unpaired) electrons. The molecular weight excluding hydrogens is 294 g/mol. The molecule has 1 aromatic heterocycles. The van der Waals surface area contributed by atoms with E-state index >= 15 is 0 Å². The van der Waals surface area contributed by atoms with Crippen molar-refractivity contribution in [3.05, 3.63) is 17.5 Å². The van der Waals surface area contributed by atoms with Gasteiger partial charge in [-0.25, -0.2) is 8.78 Å². The molecule has 1 aromatic rings. The van der Waals surface area contributed by atoms with E-state index in [1.807, 2.05) is 4.90 Å². The van der Waals surface area contributed by atoms with Crippen molar-refractivity contribution < 1.29 is 26.9 Å². The summed E-state index contributed by atoms with van der Waals surface area (Å²) in [6.45, 7) is 2.79. The highest BCUT2D eigenvalue weighted by molar-refractivity contribution is 5.84. The van der Waals surface area contributed by atoms with Crippen molar-refractivity contribution in [2.45, 2.75) is 25.8 Å². The van der Waals surface area contributed by atoms with E-state index in [4.69, 9.17) is 4.52 Å². The summed E-state index contributed by atoms with van der Waals surface area (Å²) in [4.78, 5) is 14.0. The Bertz CT molecular complexity index is 498. The molecule has 0 saturated carbocycles. The van der Waals surface area contributed by atoms with Crippen LogP contribution in [0.1, 0.15) is 11.5 Å². The van der Waals surface area contributed by atoms with Gasteiger partial charge in [0.25, 0.3) is 5.91 Å². The molecule has 21 heavy (non-hydrogen) atoms. The van der Waals surface area contributed by atoms with E-state index in [1.54, 1.807) is 13.0 Å². The van der Waals surface area contributed by atoms with E-state index in [1.165, 1.54) is 0 Å². The molecule has 0 spiro atoms. The zero-order chi connectivity index (χ0) is 15.6. The fourth-order valence-electron chi connectivity index (χ4n) is 2.12. The van der Waals surface area contributed by atoms with E-state index in [0.717, 1.165) is 10.6 Å². The molecule has 5 nitrogen and oxygen atoms in total. The van der Waals surface area contributed by atoms with E-state index in [-0.39, 0.29) is 13.1 Å². The molecule has 9 heteroatoms. The Kier molecular flexibility index (Phi) is 4.50. The van der Waals surface area contributed by atoms with Crippen molar-refractivity contribution >= 4 is 5.91 Å². The van der Waals surface area contributed by atoms with Gasteiger partial charge >= 0.3 is 12.3 Å². The van der Waals surface area contributed by atoms with E-state index in [0.29, 0.717) is 25.4 Å². The fourth-order valence-corrected chi connectivity index (χ4v) is 2.12. The maximum atomic E-state index is 13.0. The Morgan fingerprint density at radius 3 is 2.48 bits per heavy atom. The standard InChI is InChI=1S/C12H15F4N3O2/c1-8-6-9(21-17-8)7-18-2-4-19(5-3-18)11(20)12(15,16)10(13)14/h6,10H,2-5,7H2,1H3. The van der Waals surface area contributed by atoms with Gasteiger partial charge in [-0.3, -0.25) is 9.69 Å². The molecule has 118 valence electrons. The number of aromatic nitrogens is 1. The average Bonchev–Trinajstić information content (AvgIpc) is 2.84. The van der Waals surface area contributed by atoms with Gasteiger partial charge < -0.3 is 9.42 Å². The summed E-state index contributed by atoms with van der Waals surface area (Å²) >= 11 is 0. The summed E-state index contributed by atoms with van der Waals surface area (Å²) < 4.78 is 55.3. The molecular formula is C12H15F4N3O2. The molecule has 1 saturated heterocycles. The number of carbonyl (C=O) groups excluding carboxylic acids is 1. The smallest absolute Gasteiger partial charge is 0.360 e. The number of nitrogens with zero attached hydrogens (tertiary/aromatic N) is 3. The number of amides is 1. The van der Waals surface area contributed by atoms with Gasteiger partial charge in [0, 0.05) is 32.2 Å². The molecule has 0 bridgehead atoms. The molecule has 1 aliphatic rings. The minimum Gasteiger partial charge on any atom is -0.360 e. The maximum absolute atomic E-state index is 13.0. The molecule has 0 atom stereocenters. The van der Waals surface area contributed by atoms with Crippen LogP contribution in [0.25, 0.3) is 0 Å². The fraction of sp³-hybridized carbons (Fsp3) is 0.667. The minimum absolute atomic E-state index is 0.0196. The second-order valence-corrected chi connectivity index (χ2v) is 4.93. The molecule has 0 unspecified atom stereocenters. The monoisotopic (exact) mass is 309 g/mol. The molecule has 2 rings (SSSR count). The van der Waals surface area contributed by atoms with Gasteiger partial charge in [0.1, 0.15) is 0 Å². The van der Waals surface area contributed by atoms with Crippen LogP contribution in [0.3, 0.4) is 0 Å². The first-order valence-corrected chi connectivity index (χ1v) is 6.40. The summed E-state index contributed by atoms with van der Waals surface area (Å²) in [6, 6.07) is 1.75. The lowest BCUT2D eigenvalue weighted by atomic mass is 10.2. The summed E-state index contributed by atoms with van der Waals surface area (Å²) in [5, 5.41) is 3.73. The van der Waals surface area contributed by atoms with Crippen molar-refractivity contribution in [1.29, 1.82) is 0 Å². The Balaban J connectivity index is 1.87. The number of carbonyl (C=O) groups is 1. The van der Waals surface area contributed by atoms with Crippen LogP contribution in [0.4, 0.5) is 17.6 Å². The zero-order valence-corrected chi connectivity index (χ0v) is 11.4. The van der Waals surface area contributed by atoms with Crippen LogP contribution in [-0.2, 0) is 11.3 Å². The number of alkyl halides is 4. The van der Waals surface area contributed by atoms with E-state index in [9.17, 15) is 22.4 Å². The zero-order valence-electron chi connectivity index (χ0n) is 11.4. The molecule has 1 aliphatic heterocycles. The third-order valence-corrected chi connectivity index (χ3v) is 3.27. The molecule has 0 aromatic carbocycles. The highest BCUT2D eigenvalue weighted by atomic mass is 19.3. The van der Waals surface area contributed by atoms with Gasteiger partial charge in [-0.2, -0.15) is 8.78 Å². The SMILES string of the molecule is Cc1cc(CN2CCN(C(=O)C(F)(F)C(F)F)CC2)on1. The van der Waals surface area contributed by atoms with Crippen molar-refractivity contribution in [2.75, 3.05) is 26.2 Å². The predicted octanol–water partition coefficient (Wildman–Crippen LogP) is 1.53. The van der Waals surface area contributed by atoms with Crippen LogP contribution in [0.2, 0.25) is 0 Å². The first-order chi connectivity index (χ1) is 9.80. The number of hydrogen-bond donors (Lipinski definition) is 0. The van der Waals surface area contributed by atoms with Gasteiger partial charge in [-0.15, -0.1) is 0 Å². The largest absolute Gasteiger partial charge is 0.383 e. The topological polar surface area (TPSA) is 49.6 Å². The molecule has 1 fully saturated rings. The van der Waals surface area contributed by atoms with Gasteiger partial charge in [-0.1, -0.05) is 5.16 Å². The van der Waals surface area contributed by atoms with Crippen LogP contribution in [0.15, 0.2) is 10.6 Å². The van der Waals surface area contributed by atoms with Gasteiger partial charge in [0.05, 0.1) is 12.2 Å². The van der Waals surface area contributed by atoms with Crippen LogP contribution in [0, 0.1) is 6.92 Å². The predicted molar refractivity (Wildman–Crippen MR) is 64.0 cm³/mol. The van der Waals surface area contributed by atoms with Crippen LogP contribution in [-0.4, -0.2) is 59.4 Å². The number of halogens is 4. The number of hydrogen-bond acceptors (Lipinski definition) is 4. The summed E-state index contributed by atoms with van der Waals surface area (Å²) in [7, 11) is 0. The van der Waals surface area contributed by atoms with Gasteiger partial charge in [0.2, 0.25) is 0 Å². The Labute approximate surface area is 118 Å². The quantitative estimate of drug-likeness (QED) is 0.792. The number of aryl methyl sites for hydroxylation is 1. The minimum atomic E-state index is -4.62. The Morgan fingerprint density at radius 2 is 2.00 bits per heavy atom. The summed E-state index contributed by atoms with van der Waals surface area (Å²) in [5.74, 6) is -5.80. The molecule has 2 heterocycles. The second kappa shape index (κ2) is 6.00. The average molecular weight is 309 g/mol. The van der Waals surface area contributed by atoms with Crippen molar-refractivity contribution in [3.8, 4) is 0 Å². The molecule has 0 N–H and O–H groups in total. The lowest BCUT2D eigenvalue weighted by Gasteiger charge is -2.35.